The Balaban J connectivity index is 2.08. The van der Waals surface area contributed by atoms with Crippen LogP contribution in [-0.4, -0.2) is 21.9 Å². The smallest absolute Gasteiger partial charge is 0.408 e. The van der Waals surface area contributed by atoms with Gasteiger partial charge < -0.3 is 14.5 Å². The van der Waals surface area contributed by atoms with Crippen molar-refractivity contribution in [2.75, 3.05) is 0 Å². The summed E-state index contributed by atoms with van der Waals surface area (Å²) in [6.45, 7) is 13.8. The van der Waals surface area contributed by atoms with Gasteiger partial charge in [0.2, 0.25) is 5.89 Å². The van der Waals surface area contributed by atoms with E-state index in [1.54, 1.807) is 0 Å². The highest BCUT2D eigenvalue weighted by atomic mass is 32.2. The van der Waals surface area contributed by atoms with E-state index >= 15 is 0 Å². The summed E-state index contributed by atoms with van der Waals surface area (Å²) in [5.74, 6) is 1.29. The number of alkyl carbamates (subject to hydrolysis) is 1. The maximum Gasteiger partial charge on any atom is 0.408 e. The molecule has 7 heteroatoms. The number of hydrogen-bond donors (Lipinski definition) is 1. The fraction of sp³-hybridized carbons (Fsp3) is 0.571. The third-order valence-corrected chi connectivity index (χ3v) is 5.30. The van der Waals surface area contributed by atoms with Crippen LogP contribution < -0.4 is 5.32 Å². The number of carbonyl (C=O) groups excluding carboxylic acids is 1. The minimum atomic E-state index is -0.564. The van der Waals surface area contributed by atoms with Gasteiger partial charge in [-0.05, 0) is 51.7 Å². The number of aromatic nitrogens is 2. The molecule has 0 aliphatic carbocycles. The molecule has 0 aliphatic heterocycles. The molecule has 0 radical (unpaired) electrons. The van der Waals surface area contributed by atoms with Crippen LogP contribution in [0.25, 0.3) is 0 Å². The van der Waals surface area contributed by atoms with Crippen molar-refractivity contribution < 1.29 is 13.9 Å². The molecule has 1 amide bonds. The van der Waals surface area contributed by atoms with Crippen molar-refractivity contribution in [3.63, 3.8) is 0 Å². The zero-order valence-electron chi connectivity index (χ0n) is 17.8. The van der Waals surface area contributed by atoms with Crippen molar-refractivity contribution >= 4 is 17.9 Å². The number of thioether (sulfide) groups is 1. The van der Waals surface area contributed by atoms with Gasteiger partial charge in [0.1, 0.15) is 11.6 Å². The zero-order valence-corrected chi connectivity index (χ0v) is 18.6. The van der Waals surface area contributed by atoms with Gasteiger partial charge in [-0.3, -0.25) is 0 Å². The highest BCUT2D eigenvalue weighted by molar-refractivity contribution is 7.98. The summed E-state index contributed by atoms with van der Waals surface area (Å²) in [6.07, 6.45) is 0.369. The van der Waals surface area contributed by atoms with Crippen molar-refractivity contribution in [3.8, 4) is 0 Å². The normalized spacial score (nSPS) is 13.8. The van der Waals surface area contributed by atoms with Gasteiger partial charge in [-0.25, -0.2) is 4.79 Å². The van der Waals surface area contributed by atoms with Gasteiger partial charge in [0.15, 0.2) is 0 Å². The Hall–Kier alpha value is -2.02. The van der Waals surface area contributed by atoms with Crippen LogP contribution in [0.4, 0.5) is 4.79 Å². The van der Waals surface area contributed by atoms with E-state index in [1.807, 2.05) is 27.7 Å². The standard InChI is InChI=1S/C21H31N3O3S/c1-8-14(3)17(22-19(25)27-21(5,6)7)18-23-24-20(26-18)28-12-16-11-13(2)9-10-15(16)4/h9-11,14,17H,8,12H2,1-7H3,(H,22,25)/t14-,17+/m1/s1. The van der Waals surface area contributed by atoms with Crippen LogP contribution in [0.1, 0.15) is 69.7 Å². The second-order valence-corrected chi connectivity index (χ2v) is 9.06. The lowest BCUT2D eigenvalue weighted by Crippen LogP contribution is -2.37. The van der Waals surface area contributed by atoms with E-state index in [0.717, 1.165) is 12.2 Å². The van der Waals surface area contributed by atoms with Crippen LogP contribution in [0.3, 0.4) is 0 Å². The number of nitrogens with one attached hydrogen (secondary N) is 1. The molecule has 0 bridgehead atoms. The average Bonchev–Trinajstić information content (AvgIpc) is 3.07. The van der Waals surface area contributed by atoms with Crippen LogP contribution in [-0.2, 0) is 10.5 Å². The van der Waals surface area contributed by atoms with Crippen LogP contribution in [0.15, 0.2) is 27.8 Å². The molecular weight excluding hydrogens is 374 g/mol. The number of rotatable bonds is 7. The Morgan fingerprint density at radius 3 is 2.64 bits per heavy atom. The second-order valence-electron chi connectivity index (χ2n) is 8.13. The Bertz CT molecular complexity index is 798. The molecule has 2 rings (SSSR count). The first kappa shape index (κ1) is 22.3. The van der Waals surface area contributed by atoms with Gasteiger partial charge in [0.05, 0.1) is 0 Å². The van der Waals surface area contributed by atoms with E-state index in [1.165, 1.54) is 28.5 Å². The lowest BCUT2D eigenvalue weighted by Gasteiger charge is -2.24. The number of aryl methyl sites for hydroxylation is 2. The highest BCUT2D eigenvalue weighted by Gasteiger charge is 2.28. The lowest BCUT2D eigenvalue weighted by atomic mass is 9.99. The van der Waals surface area contributed by atoms with E-state index in [4.69, 9.17) is 9.15 Å². The van der Waals surface area contributed by atoms with Gasteiger partial charge in [-0.1, -0.05) is 55.8 Å². The van der Waals surface area contributed by atoms with E-state index < -0.39 is 11.7 Å². The predicted octanol–water partition coefficient (Wildman–Crippen LogP) is 5.59. The van der Waals surface area contributed by atoms with E-state index in [-0.39, 0.29) is 12.0 Å². The van der Waals surface area contributed by atoms with Crippen LogP contribution >= 0.6 is 11.8 Å². The maximum absolute atomic E-state index is 12.2. The molecule has 2 aromatic rings. The molecule has 2 atom stereocenters. The topological polar surface area (TPSA) is 77.2 Å². The SMILES string of the molecule is CC[C@@H](C)[C@H](NC(=O)OC(C)(C)C)c1nnc(SCc2cc(C)ccc2C)o1. The summed E-state index contributed by atoms with van der Waals surface area (Å²) in [5, 5.41) is 11.7. The number of benzene rings is 1. The predicted molar refractivity (Wildman–Crippen MR) is 111 cm³/mol. The number of nitrogens with zero attached hydrogens (tertiary/aromatic N) is 2. The maximum atomic E-state index is 12.2. The summed E-state index contributed by atoms with van der Waals surface area (Å²) in [6, 6.07) is 6.01. The molecule has 1 aromatic heterocycles. The largest absolute Gasteiger partial charge is 0.444 e. The minimum absolute atomic E-state index is 0.129. The van der Waals surface area contributed by atoms with Crippen LogP contribution in [0.2, 0.25) is 0 Å². The van der Waals surface area contributed by atoms with Crippen LogP contribution in [0.5, 0.6) is 0 Å². The molecule has 0 spiro atoms. The Morgan fingerprint density at radius 1 is 1.29 bits per heavy atom. The lowest BCUT2D eigenvalue weighted by molar-refractivity contribution is 0.0474. The van der Waals surface area contributed by atoms with Crippen LogP contribution in [0, 0.1) is 19.8 Å². The Kier molecular flexibility index (Phi) is 7.52. The molecule has 28 heavy (non-hydrogen) atoms. The molecular formula is C21H31N3O3S. The summed E-state index contributed by atoms with van der Waals surface area (Å²) in [4.78, 5) is 12.2. The summed E-state index contributed by atoms with van der Waals surface area (Å²) in [5.41, 5.74) is 3.15. The van der Waals surface area contributed by atoms with Gasteiger partial charge in [-0.15, -0.1) is 10.2 Å². The molecule has 0 aliphatic rings. The van der Waals surface area contributed by atoms with E-state index in [2.05, 4.69) is 54.5 Å². The first-order valence-electron chi connectivity index (χ1n) is 9.61. The first-order valence-corrected chi connectivity index (χ1v) is 10.6. The Labute approximate surface area is 171 Å². The molecule has 0 fully saturated rings. The molecule has 6 nitrogen and oxygen atoms in total. The number of ether oxygens (including phenoxy) is 1. The van der Waals surface area contributed by atoms with Crippen molar-refractivity contribution in [3.05, 3.63) is 40.8 Å². The molecule has 154 valence electrons. The van der Waals surface area contributed by atoms with Gasteiger partial charge in [-0.2, -0.15) is 0 Å². The Morgan fingerprint density at radius 2 is 2.00 bits per heavy atom. The van der Waals surface area contributed by atoms with Gasteiger partial charge in [0, 0.05) is 5.75 Å². The molecule has 1 heterocycles. The summed E-state index contributed by atoms with van der Waals surface area (Å²) in [7, 11) is 0. The summed E-state index contributed by atoms with van der Waals surface area (Å²) >= 11 is 1.50. The van der Waals surface area contributed by atoms with Gasteiger partial charge in [0.25, 0.3) is 5.22 Å². The monoisotopic (exact) mass is 405 g/mol. The summed E-state index contributed by atoms with van der Waals surface area (Å²) < 4.78 is 11.2. The molecule has 0 saturated heterocycles. The first-order chi connectivity index (χ1) is 13.1. The fourth-order valence-electron chi connectivity index (χ4n) is 2.62. The molecule has 1 aromatic carbocycles. The van der Waals surface area contributed by atoms with Crippen molar-refractivity contribution in [2.45, 2.75) is 77.5 Å². The molecule has 1 N–H and O–H groups in total. The third kappa shape index (κ3) is 6.55. The van der Waals surface area contributed by atoms with Crippen molar-refractivity contribution in [2.24, 2.45) is 5.92 Å². The zero-order chi connectivity index (χ0) is 20.9. The highest BCUT2D eigenvalue weighted by Crippen LogP contribution is 2.29. The number of carbonyl (C=O) groups is 1. The molecule has 0 unspecified atom stereocenters. The number of hydrogen-bond acceptors (Lipinski definition) is 6. The van der Waals surface area contributed by atoms with Gasteiger partial charge >= 0.3 is 6.09 Å². The second kappa shape index (κ2) is 9.45. The fourth-order valence-corrected chi connectivity index (χ4v) is 3.45. The quantitative estimate of drug-likeness (QED) is 0.605. The van der Waals surface area contributed by atoms with E-state index in [0.29, 0.717) is 11.1 Å². The van der Waals surface area contributed by atoms with Crippen molar-refractivity contribution in [1.29, 1.82) is 0 Å². The molecule has 0 saturated carbocycles. The van der Waals surface area contributed by atoms with E-state index in [9.17, 15) is 4.79 Å². The average molecular weight is 406 g/mol. The number of amides is 1. The van der Waals surface area contributed by atoms with Crippen molar-refractivity contribution in [1.82, 2.24) is 15.5 Å². The third-order valence-electron chi connectivity index (χ3n) is 4.43. The minimum Gasteiger partial charge on any atom is -0.444 e.